The second-order valence-corrected chi connectivity index (χ2v) is 3.30. The van der Waals surface area contributed by atoms with Gasteiger partial charge in [0.05, 0.1) is 19.4 Å². The molecular weight excluding hydrogens is 212 g/mol. The van der Waals surface area contributed by atoms with Crippen molar-refractivity contribution >= 4 is 0 Å². The van der Waals surface area contributed by atoms with Crippen LogP contribution in [0, 0.1) is 0 Å². The predicted molar refractivity (Wildman–Crippen MR) is 55.6 cm³/mol. The van der Waals surface area contributed by atoms with Gasteiger partial charge in [-0.05, 0) is 25.7 Å². The van der Waals surface area contributed by atoms with Gasteiger partial charge >= 0.3 is 0 Å². The fourth-order valence-electron chi connectivity index (χ4n) is 1.38. The van der Waals surface area contributed by atoms with Gasteiger partial charge in [-0.1, -0.05) is 6.58 Å². The topological polar surface area (TPSA) is 28.9 Å². The summed E-state index contributed by atoms with van der Waals surface area (Å²) in [6, 6.07) is 0. The fourth-order valence-corrected chi connectivity index (χ4v) is 1.38. The molecule has 0 atom stereocenters. The van der Waals surface area contributed by atoms with E-state index < -0.39 is 0 Å². The standard InChI is InChI=1S/C11H18N2O.ClH/c1-2-14-10-6-4-3-5-8-13-9-7-12-11-13;/h2,7,9,11H,1,3-6,8,10H2;1H. The third-order valence-electron chi connectivity index (χ3n) is 2.15. The highest BCUT2D eigenvalue weighted by Gasteiger charge is 1.96. The van der Waals surface area contributed by atoms with Gasteiger partial charge in [0.15, 0.2) is 0 Å². The first-order valence-corrected chi connectivity index (χ1v) is 5.18. The number of aromatic nitrogens is 2. The third kappa shape index (κ3) is 7.03. The number of halogens is 1. The van der Waals surface area contributed by atoms with Crippen LogP contribution in [-0.4, -0.2) is 11.6 Å². The molecule has 0 aromatic carbocycles. The van der Waals surface area contributed by atoms with E-state index >= 15 is 0 Å². The number of hydrogen-bond donors (Lipinski definition) is 1. The van der Waals surface area contributed by atoms with Crippen molar-refractivity contribution in [2.24, 2.45) is 0 Å². The SMILES string of the molecule is C=COCCCCCC[n+]1cc[nH]c1.[Cl-]. The molecule has 0 aliphatic carbocycles. The molecular formula is C11H19ClN2O. The van der Waals surface area contributed by atoms with E-state index in [1.807, 2.05) is 12.5 Å². The predicted octanol–water partition coefficient (Wildman–Crippen LogP) is -0.973. The summed E-state index contributed by atoms with van der Waals surface area (Å²) < 4.78 is 7.21. The van der Waals surface area contributed by atoms with Gasteiger partial charge in [0.25, 0.3) is 0 Å². The van der Waals surface area contributed by atoms with Crippen molar-refractivity contribution < 1.29 is 21.7 Å². The number of unbranched alkanes of at least 4 members (excludes halogenated alkanes) is 3. The molecule has 3 nitrogen and oxygen atoms in total. The third-order valence-corrected chi connectivity index (χ3v) is 2.15. The smallest absolute Gasteiger partial charge is 0.241 e. The summed E-state index contributed by atoms with van der Waals surface area (Å²) in [6.07, 6.45) is 12.4. The minimum Gasteiger partial charge on any atom is -1.00 e. The molecule has 4 heteroatoms. The molecule has 0 aliphatic heterocycles. The highest BCUT2D eigenvalue weighted by molar-refractivity contribution is 4.55. The lowest BCUT2D eigenvalue weighted by Crippen LogP contribution is -3.00. The summed E-state index contributed by atoms with van der Waals surface area (Å²) in [5.74, 6) is 0. The molecule has 1 rings (SSSR count). The second kappa shape index (κ2) is 9.59. The van der Waals surface area contributed by atoms with Crippen LogP contribution in [0.2, 0.25) is 0 Å². The average molecular weight is 231 g/mol. The lowest BCUT2D eigenvalue weighted by molar-refractivity contribution is -0.696. The number of nitrogens with zero attached hydrogens (tertiary/aromatic N) is 1. The van der Waals surface area contributed by atoms with E-state index in [1.54, 1.807) is 0 Å². The zero-order chi connectivity index (χ0) is 10.1. The molecule has 0 amide bonds. The van der Waals surface area contributed by atoms with E-state index in [-0.39, 0.29) is 12.4 Å². The molecule has 1 aromatic heterocycles. The van der Waals surface area contributed by atoms with E-state index in [1.165, 1.54) is 25.5 Å². The number of rotatable bonds is 8. The van der Waals surface area contributed by atoms with Crippen LogP contribution in [0.1, 0.15) is 25.7 Å². The average Bonchev–Trinajstić information content (AvgIpc) is 2.69. The van der Waals surface area contributed by atoms with Crippen LogP contribution in [0.4, 0.5) is 0 Å². The van der Waals surface area contributed by atoms with Gasteiger partial charge in [-0.3, -0.25) is 4.98 Å². The van der Waals surface area contributed by atoms with E-state index in [0.717, 1.165) is 19.6 Å². The Morgan fingerprint density at radius 3 is 2.73 bits per heavy atom. The van der Waals surface area contributed by atoms with Gasteiger partial charge in [-0.2, -0.15) is 0 Å². The Balaban J connectivity index is 0.00000196. The Morgan fingerprint density at radius 2 is 2.07 bits per heavy atom. The summed E-state index contributed by atoms with van der Waals surface area (Å²) >= 11 is 0. The summed E-state index contributed by atoms with van der Waals surface area (Å²) in [7, 11) is 0. The van der Waals surface area contributed by atoms with Crippen molar-refractivity contribution in [2.75, 3.05) is 6.61 Å². The van der Waals surface area contributed by atoms with Crippen LogP contribution in [0.3, 0.4) is 0 Å². The Hall–Kier alpha value is -0.960. The van der Waals surface area contributed by atoms with Crippen molar-refractivity contribution in [3.05, 3.63) is 31.6 Å². The molecule has 15 heavy (non-hydrogen) atoms. The van der Waals surface area contributed by atoms with E-state index in [4.69, 9.17) is 4.74 Å². The largest absolute Gasteiger partial charge is 1.00 e. The van der Waals surface area contributed by atoms with E-state index in [0.29, 0.717) is 0 Å². The minimum atomic E-state index is 0. The molecule has 0 saturated heterocycles. The lowest BCUT2D eigenvalue weighted by atomic mass is 10.2. The molecule has 86 valence electrons. The van der Waals surface area contributed by atoms with E-state index in [2.05, 4.69) is 22.3 Å². The van der Waals surface area contributed by atoms with Gasteiger partial charge in [0.1, 0.15) is 12.4 Å². The van der Waals surface area contributed by atoms with Gasteiger partial charge in [-0.15, -0.1) is 0 Å². The maximum absolute atomic E-state index is 5.04. The number of imidazole rings is 1. The molecule has 0 unspecified atom stereocenters. The van der Waals surface area contributed by atoms with Crippen molar-refractivity contribution in [3.63, 3.8) is 0 Å². The van der Waals surface area contributed by atoms with Crippen molar-refractivity contribution in [3.8, 4) is 0 Å². The quantitative estimate of drug-likeness (QED) is 0.348. The zero-order valence-corrected chi connectivity index (χ0v) is 9.75. The van der Waals surface area contributed by atoms with Crippen LogP contribution in [-0.2, 0) is 11.3 Å². The number of aromatic amines is 1. The first-order valence-electron chi connectivity index (χ1n) is 5.18. The van der Waals surface area contributed by atoms with E-state index in [9.17, 15) is 0 Å². The first kappa shape index (κ1) is 14.0. The maximum Gasteiger partial charge on any atom is 0.241 e. The van der Waals surface area contributed by atoms with Crippen molar-refractivity contribution in [1.29, 1.82) is 0 Å². The summed E-state index contributed by atoms with van der Waals surface area (Å²) in [6.45, 7) is 5.41. The summed E-state index contributed by atoms with van der Waals surface area (Å²) in [5, 5.41) is 0. The molecule has 0 radical (unpaired) electrons. The monoisotopic (exact) mass is 230 g/mol. The zero-order valence-electron chi connectivity index (χ0n) is 8.99. The minimum absolute atomic E-state index is 0. The van der Waals surface area contributed by atoms with Gasteiger partial charge in [0.2, 0.25) is 6.33 Å². The first-order chi connectivity index (χ1) is 6.93. The number of aryl methyl sites for hydroxylation is 1. The lowest BCUT2D eigenvalue weighted by Gasteiger charge is -2.00. The number of nitrogens with one attached hydrogen (secondary N) is 1. The molecule has 1 aromatic rings. The highest BCUT2D eigenvalue weighted by Crippen LogP contribution is 1.99. The highest BCUT2D eigenvalue weighted by atomic mass is 35.5. The normalized spacial score (nSPS) is 9.33. The van der Waals surface area contributed by atoms with Crippen LogP contribution < -0.4 is 17.0 Å². The molecule has 1 N–H and O–H groups in total. The number of hydrogen-bond acceptors (Lipinski definition) is 1. The Bertz CT molecular complexity index is 237. The number of ether oxygens (including phenoxy) is 1. The van der Waals surface area contributed by atoms with Gasteiger partial charge in [-0.25, -0.2) is 4.57 Å². The van der Waals surface area contributed by atoms with Gasteiger partial charge < -0.3 is 17.1 Å². The number of H-pyrrole nitrogens is 1. The van der Waals surface area contributed by atoms with Crippen LogP contribution >= 0.6 is 0 Å². The van der Waals surface area contributed by atoms with Crippen molar-refractivity contribution in [2.45, 2.75) is 32.2 Å². The Labute approximate surface area is 97.6 Å². The van der Waals surface area contributed by atoms with Gasteiger partial charge in [0, 0.05) is 0 Å². The summed E-state index contributed by atoms with van der Waals surface area (Å²) in [5.41, 5.74) is 0. The molecule has 1 heterocycles. The summed E-state index contributed by atoms with van der Waals surface area (Å²) in [4.78, 5) is 3.03. The molecule has 0 saturated carbocycles. The molecule has 0 aliphatic rings. The van der Waals surface area contributed by atoms with Crippen molar-refractivity contribution in [1.82, 2.24) is 4.98 Å². The van der Waals surface area contributed by atoms with Crippen LogP contribution in [0.5, 0.6) is 0 Å². The Morgan fingerprint density at radius 1 is 1.27 bits per heavy atom. The Kier molecular flexibility index (Phi) is 8.98. The van der Waals surface area contributed by atoms with Crippen LogP contribution in [0.25, 0.3) is 0 Å². The molecule has 0 fully saturated rings. The fraction of sp³-hybridized carbons (Fsp3) is 0.545. The maximum atomic E-state index is 5.04. The van der Waals surface area contributed by atoms with Crippen LogP contribution in [0.15, 0.2) is 31.6 Å². The molecule has 0 spiro atoms. The second-order valence-electron chi connectivity index (χ2n) is 3.30. The molecule has 0 bridgehead atoms.